The van der Waals surface area contributed by atoms with Crippen LogP contribution in [-0.2, 0) is 6.42 Å². The second kappa shape index (κ2) is 7.82. The van der Waals surface area contributed by atoms with Crippen LogP contribution in [0.15, 0.2) is 47.2 Å². The van der Waals surface area contributed by atoms with Gasteiger partial charge in [0, 0.05) is 25.0 Å². The van der Waals surface area contributed by atoms with E-state index in [4.69, 9.17) is 24.0 Å². The Hall–Kier alpha value is -3.61. The fourth-order valence-electron chi connectivity index (χ4n) is 4.51. The molecule has 0 saturated carbocycles. The number of hydrogen-bond acceptors (Lipinski definition) is 6. The molecule has 32 heavy (non-hydrogen) atoms. The summed E-state index contributed by atoms with van der Waals surface area (Å²) in [5.74, 6) is 2.35. The first-order chi connectivity index (χ1) is 15.5. The number of methoxy groups -OCH3 is 2. The standard InChI is InChI=1S/C25H25N3O4/c1-14(2)24-23(15-7-8-21(30-3)22(12-15)31-4)25-26-13-17-18(28(25)27-24)10-16(11-19(17)29)20-6-5-9-32-20/h5-9,12-14,16H,10-11H2,1-4H3. The number of aromatic nitrogens is 3. The Kier molecular flexibility index (Phi) is 4.96. The molecule has 7 heteroatoms. The van der Waals surface area contributed by atoms with E-state index in [1.54, 1.807) is 26.7 Å². The Bertz CT molecular complexity index is 1300. The number of fused-ring (bicyclic) bond motifs is 3. The Morgan fingerprint density at radius 2 is 1.94 bits per heavy atom. The van der Waals surface area contributed by atoms with E-state index in [1.165, 1.54) is 0 Å². The zero-order valence-electron chi connectivity index (χ0n) is 18.6. The van der Waals surface area contributed by atoms with Crippen molar-refractivity contribution in [2.45, 2.75) is 38.5 Å². The number of hydrogen-bond donors (Lipinski definition) is 0. The molecule has 0 fully saturated rings. The van der Waals surface area contributed by atoms with Crippen LogP contribution in [0.3, 0.4) is 0 Å². The Labute approximate surface area is 186 Å². The maximum absolute atomic E-state index is 12.9. The van der Waals surface area contributed by atoms with Gasteiger partial charge in [-0.3, -0.25) is 4.79 Å². The van der Waals surface area contributed by atoms with Crippen molar-refractivity contribution in [2.75, 3.05) is 14.2 Å². The van der Waals surface area contributed by atoms with Crippen LogP contribution in [0.5, 0.6) is 11.5 Å². The van der Waals surface area contributed by atoms with Crippen LogP contribution in [0.1, 0.15) is 59.6 Å². The van der Waals surface area contributed by atoms with Crippen LogP contribution >= 0.6 is 0 Å². The Morgan fingerprint density at radius 3 is 2.62 bits per heavy atom. The third-order valence-electron chi connectivity index (χ3n) is 6.11. The molecular weight excluding hydrogens is 406 g/mol. The van der Waals surface area contributed by atoms with Crippen molar-refractivity contribution in [1.29, 1.82) is 0 Å². The van der Waals surface area contributed by atoms with Gasteiger partial charge in [-0.25, -0.2) is 9.50 Å². The molecule has 0 amide bonds. The lowest BCUT2D eigenvalue weighted by Crippen LogP contribution is -2.22. The van der Waals surface area contributed by atoms with Gasteiger partial charge in [-0.2, -0.15) is 5.10 Å². The highest BCUT2D eigenvalue weighted by atomic mass is 16.5. The third kappa shape index (κ3) is 3.16. The molecule has 1 unspecified atom stereocenters. The minimum absolute atomic E-state index is 0.00756. The number of ketones is 1. The number of carbonyl (C=O) groups excluding carboxylic acids is 1. The van der Waals surface area contributed by atoms with Crippen molar-refractivity contribution in [3.05, 3.63) is 65.5 Å². The first-order valence-corrected chi connectivity index (χ1v) is 10.7. The van der Waals surface area contributed by atoms with E-state index < -0.39 is 0 Å². The van der Waals surface area contributed by atoms with Crippen LogP contribution in [0.4, 0.5) is 0 Å². The topological polar surface area (TPSA) is 78.9 Å². The van der Waals surface area contributed by atoms with Gasteiger partial charge in [-0.05, 0) is 35.7 Å². The minimum atomic E-state index is -0.00756. The first kappa shape index (κ1) is 20.3. The molecule has 3 aromatic heterocycles. The number of furan rings is 1. The number of Topliss-reactive ketones (excluding diaryl/α,β-unsaturated/α-hetero) is 1. The van der Waals surface area contributed by atoms with Crippen molar-refractivity contribution >= 4 is 11.4 Å². The normalized spacial score (nSPS) is 15.9. The third-order valence-corrected chi connectivity index (χ3v) is 6.11. The van der Waals surface area contributed by atoms with Crippen LogP contribution in [0.25, 0.3) is 16.8 Å². The fourth-order valence-corrected chi connectivity index (χ4v) is 4.51. The number of benzene rings is 1. The van der Waals surface area contributed by atoms with E-state index in [0.29, 0.717) is 29.9 Å². The molecule has 1 aliphatic rings. The zero-order chi connectivity index (χ0) is 22.4. The van der Waals surface area contributed by atoms with Gasteiger partial charge in [0.15, 0.2) is 22.9 Å². The Morgan fingerprint density at radius 1 is 1.12 bits per heavy atom. The average molecular weight is 431 g/mol. The Balaban J connectivity index is 1.72. The lowest BCUT2D eigenvalue weighted by atomic mass is 9.85. The largest absolute Gasteiger partial charge is 0.493 e. The second-order valence-electron chi connectivity index (χ2n) is 8.38. The molecule has 3 heterocycles. The maximum Gasteiger partial charge on any atom is 0.167 e. The van der Waals surface area contributed by atoms with Gasteiger partial charge in [0.2, 0.25) is 0 Å². The predicted octanol–water partition coefficient (Wildman–Crippen LogP) is 5.04. The molecule has 0 aliphatic heterocycles. The van der Waals surface area contributed by atoms with E-state index in [0.717, 1.165) is 33.9 Å². The van der Waals surface area contributed by atoms with Crippen molar-refractivity contribution in [3.8, 4) is 22.6 Å². The lowest BCUT2D eigenvalue weighted by molar-refractivity contribution is 0.0958. The van der Waals surface area contributed by atoms with E-state index in [-0.39, 0.29) is 17.6 Å². The molecular formula is C25H25N3O4. The minimum Gasteiger partial charge on any atom is -0.493 e. The van der Waals surface area contributed by atoms with Crippen LogP contribution < -0.4 is 9.47 Å². The first-order valence-electron chi connectivity index (χ1n) is 10.7. The maximum atomic E-state index is 12.9. The van der Waals surface area contributed by atoms with Gasteiger partial charge < -0.3 is 13.9 Å². The van der Waals surface area contributed by atoms with E-state index in [9.17, 15) is 4.79 Å². The van der Waals surface area contributed by atoms with Gasteiger partial charge in [0.1, 0.15) is 5.76 Å². The number of carbonyl (C=O) groups is 1. The molecule has 164 valence electrons. The predicted molar refractivity (Wildman–Crippen MR) is 120 cm³/mol. The summed E-state index contributed by atoms with van der Waals surface area (Å²) >= 11 is 0. The highest BCUT2D eigenvalue weighted by molar-refractivity contribution is 5.99. The molecule has 0 spiro atoms. The van der Waals surface area contributed by atoms with Crippen LogP contribution in [-0.4, -0.2) is 34.6 Å². The van der Waals surface area contributed by atoms with Gasteiger partial charge in [-0.1, -0.05) is 19.9 Å². The summed E-state index contributed by atoms with van der Waals surface area (Å²) in [5.41, 5.74) is 5.05. The fraction of sp³-hybridized carbons (Fsp3) is 0.320. The summed E-state index contributed by atoms with van der Waals surface area (Å²) in [6.45, 7) is 4.21. The number of ether oxygens (including phenoxy) is 2. The van der Waals surface area contributed by atoms with Crippen molar-refractivity contribution in [1.82, 2.24) is 14.6 Å². The smallest absolute Gasteiger partial charge is 0.167 e. The molecule has 7 nitrogen and oxygen atoms in total. The second-order valence-corrected chi connectivity index (χ2v) is 8.38. The molecule has 0 bridgehead atoms. The van der Waals surface area contributed by atoms with Gasteiger partial charge >= 0.3 is 0 Å². The monoisotopic (exact) mass is 431 g/mol. The molecule has 1 atom stereocenters. The highest BCUT2D eigenvalue weighted by Crippen LogP contribution is 2.39. The summed E-state index contributed by atoms with van der Waals surface area (Å²) in [7, 11) is 3.24. The SMILES string of the molecule is COc1ccc(-c2c(C(C)C)nn3c4c(cnc23)C(=O)CC(c2ccco2)C4)cc1OC. The summed E-state index contributed by atoms with van der Waals surface area (Å²) in [5, 5.41) is 4.95. The summed E-state index contributed by atoms with van der Waals surface area (Å²) < 4.78 is 18.4. The van der Waals surface area contributed by atoms with Crippen LogP contribution in [0.2, 0.25) is 0 Å². The molecule has 1 aromatic carbocycles. The number of rotatable bonds is 5. The number of nitrogens with zero attached hydrogens (tertiary/aromatic N) is 3. The van der Waals surface area contributed by atoms with E-state index in [1.807, 2.05) is 34.8 Å². The summed E-state index contributed by atoms with van der Waals surface area (Å²) in [4.78, 5) is 17.6. The van der Waals surface area contributed by atoms with Crippen molar-refractivity contribution in [3.63, 3.8) is 0 Å². The van der Waals surface area contributed by atoms with Gasteiger partial charge in [0.25, 0.3) is 0 Å². The van der Waals surface area contributed by atoms with E-state index >= 15 is 0 Å². The molecule has 4 aromatic rings. The summed E-state index contributed by atoms with van der Waals surface area (Å²) in [6.07, 6.45) is 4.42. The van der Waals surface area contributed by atoms with Crippen LogP contribution in [0, 0.1) is 0 Å². The van der Waals surface area contributed by atoms with Gasteiger partial charge in [-0.15, -0.1) is 0 Å². The van der Waals surface area contributed by atoms with E-state index in [2.05, 4.69) is 13.8 Å². The average Bonchev–Trinajstić information content (AvgIpc) is 3.47. The lowest BCUT2D eigenvalue weighted by Gasteiger charge is -2.22. The summed E-state index contributed by atoms with van der Waals surface area (Å²) in [6, 6.07) is 9.61. The molecule has 5 rings (SSSR count). The highest BCUT2D eigenvalue weighted by Gasteiger charge is 2.32. The zero-order valence-corrected chi connectivity index (χ0v) is 18.6. The molecule has 0 saturated heterocycles. The van der Waals surface area contributed by atoms with Crippen molar-refractivity contribution in [2.24, 2.45) is 0 Å². The van der Waals surface area contributed by atoms with Gasteiger partial charge in [0.05, 0.1) is 43.0 Å². The van der Waals surface area contributed by atoms with Crippen molar-refractivity contribution < 1.29 is 18.7 Å². The molecule has 0 N–H and O–H groups in total. The quantitative estimate of drug-likeness (QED) is 0.440. The molecule has 0 radical (unpaired) electrons. The molecule has 1 aliphatic carbocycles.